The van der Waals surface area contributed by atoms with Gasteiger partial charge in [0.05, 0.1) is 10.0 Å². The molecule has 0 aromatic heterocycles. The van der Waals surface area contributed by atoms with E-state index >= 15 is 0 Å². The average Bonchev–Trinajstić information content (AvgIpc) is 2.29. The summed E-state index contributed by atoms with van der Waals surface area (Å²) in [6.45, 7) is 0. The number of rotatable bonds is 5. The minimum Gasteiger partial charge on any atom is -0.271 e. The maximum absolute atomic E-state index is 5.94. The summed E-state index contributed by atoms with van der Waals surface area (Å²) < 4.78 is 0. The lowest BCUT2D eigenvalue weighted by Crippen LogP contribution is -2.27. The molecule has 0 amide bonds. The van der Waals surface area contributed by atoms with Gasteiger partial charge in [-0.25, -0.2) is 0 Å². The molecule has 0 saturated heterocycles. The van der Waals surface area contributed by atoms with Crippen molar-refractivity contribution in [1.29, 1.82) is 0 Å². The predicted octanol–water partition coefficient (Wildman–Crippen LogP) is 3.30. The van der Waals surface area contributed by atoms with Crippen molar-refractivity contribution >= 4 is 23.2 Å². The molecule has 0 aliphatic carbocycles. The van der Waals surface area contributed by atoms with Gasteiger partial charge in [-0.05, 0) is 30.5 Å². The van der Waals surface area contributed by atoms with E-state index in [2.05, 4.69) is 11.3 Å². The lowest BCUT2D eigenvalue weighted by molar-refractivity contribution is 0.502. The summed E-state index contributed by atoms with van der Waals surface area (Å²) in [5.41, 5.74) is 3.78. The van der Waals surface area contributed by atoms with E-state index in [1.165, 1.54) is 0 Å². The molecule has 2 nitrogen and oxygen atoms in total. The van der Waals surface area contributed by atoms with Gasteiger partial charge in [0, 0.05) is 12.5 Å². The quantitative estimate of drug-likeness (QED) is 0.367. The van der Waals surface area contributed by atoms with Gasteiger partial charge in [0.15, 0.2) is 0 Å². The van der Waals surface area contributed by atoms with Gasteiger partial charge in [0.2, 0.25) is 0 Å². The third kappa shape index (κ3) is 3.70. The minimum atomic E-state index is 0.0584. The van der Waals surface area contributed by atoms with Crippen molar-refractivity contribution in [3.63, 3.8) is 0 Å². The fraction of sp³-hybridized carbons (Fsp3) is 0.333. The molecule has 0 heterocycles. The van der Waals surface area contributed by atoms with Gasteiger partial charge in [0.1, 0.15) is 0 Å². The maximum atomic E-state index is 5.94. The Labute approximate surface area is 106 Å². The van der Waals surface area contributed by atoms with Crippen LogP contribution in [0, 0.1) is 12.3 Å². The van der Waals surface area contributed by atoms with E-state index < -0.39 is 0 Å². The van der Waals surface area contributed by atoms with Gasteiger partial charge in [-0.3, -0.25) is 11.3 Å². The van der Waals surface area contributed by atoms with Crippen molar-refractivity contribution in [3.8, 4) is 12.3 Å². The van der Waals surface area contributed by atoms with E-state index in [0.717, 1.165) is 24.8 Å². The van der Waals surface area contributed by atoms with Crippen LogP contribution in [0.3, 0.4) is 0 Å². The molecule has 0 fully saturated rings. The second kappa shape index (κ2) is 6.78. The number of hydrazine groups is 1. The SMILES string of the molecule is C#CCCCC(NN)c1ccc(Cl)c(Cl)c1. The van der Waals surface area contributed by atoms with Gasteiger partial charge >= 0.3 is 0 Å². The molecule has 3 N–H and O–H groups in total. The summed E-state index contributed by atoms with van der Waals surface area (Å²) in [7, 11) is 0. The fourth-order valence-electron chi connectivity index (χ4n) is 1.48. The van der Waals surface area contributed by atoms with Crippen LogP contribution in [0.5, 0.6) is 0 Å². The molecule has 1 atom stereocenters. The number of hydrogen-bond acceptors (Lipinski definition) is 2. The molecule has 0 bridgehead atoms. The van der Waals surface area contributed by atoms with Crippen LogP contribution in [0.25, 0.3) is 0 Å². The first-order valence-corrected chi connectivity index (χ1v) is 5.79. The Morgan fingerprint density at radius 2 is 2.12 bits per heavy atom. The summed E-state index contributed by atoms with van der Waals surface area (Å²) in [6, 6.07) is 5.56. The van der Waals surface area contributed by atoms with Gasteiger partial charge in [-0.2, -0.15) is 0 Å². The summed E-state index contributed by atoms with van der Waals surface area (Å²) in [6.07, 6.45) is 7.74. The molecule has 1 unspecified atom stereocenters. The standard InChI is InChI=1S/C12H14Cl2N2/c1-2-3-4-5-12(16-15)9-6-7-10(13)11(14)8-9/h1,6-8,12,16H,3-5,15H2. The zero-order valence-corrected chi connectivity index (χ0v) is 10.4. The van der Waals surface area contributed by atoms with E-state index in [9.17, 15) is 0 Å². The van der Waals surface area contributed by atoms with Gasteiger partial charge < -0.3 is 0 Å². The summed E-state index contributed by atoms with van der Waals surface area (Å²) >= 11 is 11.8. The van der Waals surface area contributed by atoms with Crippen LogP contribution in [0.1, 0.15) is 30.9 Å². The van der Waals surface area contributed by atoms with Crippen LogP contribution in [0.15, 0.2) is 18.2 Å². The number of hydrogen-bond donors (Lipinski definition) is 2. The monoisotopic (exact) mass is 256 g/mol. The van der Waals surface area contributed by atoms with Crippen molar-refractivity contribution in [2.45, 2.75) is 25.3 Å². The molecular weight excluding hydrogens is 243 g/mol. The normalized spacial score (nSPS) is 12.1. The third-order valence-electron chi connectivity index (χ3n) is 2.36. The lowest BCUT2D eigenvalue weighted by Gasteiger charge is -2.16. The molecule has 86 valence electrons. The molecule has 16 heavy (non-hydrogen) atoms. The summed E-state index contributed by atoms with van der Waals surface area (Å²) in [4.78, 5) is 0. The number of nitrogens with one attached hydrogen (secondary N) is 1. The highest BCUT2D eigenvalue weighted by molar-refractivity contribution is 6.42. The highest BCUT2D eigenvalue weighted by Crippen LogP contribution is 2.27. The topological polar surface area (TPSA) is 38.0 Å². The van der Waals surface area contributed by atoms with Crippen LogP contribution < -0.4 is 11.3 Å². The first-order valence-electron chi connectivity index (χ1n) is 5.03. The van der Waals surface area contributed by atoms with Crippen LogP contribution in [0.4, 0.5) is 0 Å². The Bertz CT molecular complexity index is 385. The molecule has 0 aliphatic rings. The Morgan fingerprint density at radius 3 is 2.69 bits per heavy atom. The van der Waals surface area contributed by atoms with Gasteiger partial charge in [0.25, 0.3) is 0 Å². The highest BCUT2D eigenvalue weighted by Gasteiger charge is 2.10. The largest absolute Gasteiger partial charge is 0.271 e. The van der Waals surface area contributed by atoms with Crippen LogP contribution in [-0.2, 0) is 0 Å². The van der Waals surface area contributed by atoms with Crippen molar-refractivity contribution < 1.29 is 0 Å². The molecule has 0 aliphatic heterocycles. The first kappa shape index (κ1) is 13.3. The van der Waals surface area contributed by atoms with E-state index in [1.807, 2.05) is 12.1 Å². The number of terminal acetylenes is 1. The molecule has 0 spiro atoms. The molecule has 1 aromatic rings. The second-order valence-corrected chi connectivity index (χ2v) is 4.30. The van der Waals surface area contributed by atoms with E-state index in [-0.39, 0.29) is 6.04 Å². The molecular formula is C12H14Cl2N2. The van der Waals surface area contributed by atoms with E-state index in [4.69, 9.17) is 35.5 Å². The highest BCUT2D eigenvalue weighted by atomic mass is 35.5. The fourth-order valence-corrected chi connectivity index (χ4v) is 1.79. The third-order valence-corrected chi connectivity index (χ3v) is 3.10. The molecule has 0 radical (unpaired) electrons. The van der Waals surface area contributed by atoms with Crippen LogP contribution >= 0.6 is 23.2 Å². The Kier molecular flexibility index (Phi) is 5.65. The number of unbranched alkanes of at least 4 members (excludes halogenated alkanes) is 1. The molecule has 0 saturated carbocycles. The van der Waals surface area contributed by atoms with Gasteiger partial charge in [-0.15, -0.1) is 12.3 Å². The van der Waals surface area contributed by atoms with E-state index in [0.29, 0.717) is 10.0 Å². The van der Waals surface area contributed by atoms with Crippen molar-refractivity contribution in [2.75, 3.05) is 0 Å². The Hall–Kier alpha value is -0.720. The number of nitrogens with two attached hydrogens (primary N) is 1. The van der Waals surface area contributed by atoms with E-state index in [1.54, 1.807) is 6.07 Å². The van der Waals surface area contributed by atoms with Crippen molar-refractivity contribution in [1.82, 2.24) is 5.43 Å². The van der Waals surface area contributed by atoms with Crippen LogP contribution in [0.2, 0.25) is 10.0 Å². The second-order valence-electron chi connectivity index (χ2n) is 3.49. The minimum absolute atomic E-state index is 0.0584. The maximum Gasteiger partial charge on any atom is 0.0595 e. The van der Waals surface area contributed by atoms with Gasteiger partial charge in [-0.1, -0.05) is 29.3 Å². The Balaban J connectivity index is 2.71. The molecule has 1 aromatic carbocycles. The molecule has 1 rings (SSSR count). The van der Waals surface area contributed by atoms with Crippen molar-refractivity contribution in [3.05, 3.63) is 33.8 Å². The number of benzene rings is 1. The summed E-state index contributed by atoms with van der Waals surface area (Å²) in [5.74, 6) is 8.10. The zero-order valence-electron chi connectivity index (χ0n) is 8.84. The van der Waals surface area contributed by atoms with Crippen molar-refractivity contribution in [2.24, 2.45) is 5.84 Å². The Morgan fingerprint density at radius 1 is 1.38 bits per heavy atom. The smallest absolute Gasteiger partial charge is 0.0595 e. The zero-order chi connectivity index (χ0) is 12.0. The average molecular weight is 257 g/mol. The first-order chi connectivity index (χ1) is 7.69. The summed E-state index contributed by atoms with van der Waals surface area (Å²) in [5, 5.41) is 1.08. The molecule has 4 heteroatoms. The van der Waals surface area contributed by atoms with Crippen LogP contribution in [-0.4, -0.2) is 0 Å². The number of halogens is 2. The predicted molar refractivity (Wildman–Crippen MR) is 69.2 cm³/mol. The lowest BCUT2D eigenvalue weighted by atomic mass is 10.0.